The van der Waals surface area contributed by atoms with E-state index in [0.717, 1.165) is 83.5 Å². The average Bonchev–Trinajstić information content (AvgIpc) is 3.29. The minimum Gasteiger partial charge on any atom is -0.462 e. The van der Waals surface area contributed by atoms with E-state index >= 15 is 0 Å². The molecule has 0 aliphatic heterocycles. The molecule has 64 heavy (non-hydrogen) atoms. The summed E-state index contributed by atoms with van der Waals surface area (Å²) in [6, 6.07) is 0. The van der Waals surface area contributed by atoms with Gasteiger partial charge in [0.2, 0.25) is 0 Å². The monoisotopic (exact) mass is 899 g/mol. The van der Waals surface area contributed by atoms with Crippen LogP contribution < -0.4 is 0 Å². The van der Waals surface area contributed by atoms with Crippen molar-refractivity contribution in [1.82, 2.24) is 0 Å². The summed E-state index contributed by atoms with van der Waals surface area (Å²) in [6.07, 6.45) is 62.7. The van der Waals surface area contributed by atoms with Gasteiger partial charge in [-0.3, -0.25) is 14.4 Å². The Morgan fingerprint density at radius 1 is 0.312 bits per heavy atom. The van der Waals surface area contributed by atoms with Crippen molar-refractivity contribution in [3.63, 3.8) is 0 Å². The molecule has 0 fully saturated rings. The summed E-state index contributed by atoms with van der Waals surface area (Å²) in [5.74, 6) is -0.881. The maximum atomic E-state index is 12.8. The zero-order valence-corrected chi connectivity index (χ0v) is 42.8. The van der Waals surface area contributed by atoms with Crippen molar-refractivity contribution in [2.75, 3.05) is 13.2 Å². The van der Waals surface area contributed by atoms with Gasteiger partial charge >= 0.3 is 17.9 Å². The van der Waals surface area contributed by atoms with E-state index < -0.39 is 6.10 Å². The van der Waals surface area contributed by atoms with E-state index in [1.165, 1.54) is 173 Å². The summed E-state index contributed by atoms with van der Waals surface area (Å²) in [6.45, 7) is 6.63. The summed E-state index contributed by atoms with van der Waals surface area (Å²) >= 11 is 0. The van der Waals surface area contributed by atoms with E-state index in [-0.39, 0.29) is 31.1 Å². The van der Waals surface area contributed by atoms with E-state index in [2.05, 4.69) is 57.2 Å². The third kappa shape index (κ3) is 50.6. The molecule has 0 saturated heterocycles. The van der Waals surface area contributed by atoms with Crippen LogP contribution in [0.5, 0.6) is 0 Å². The molecule has 0 aromatic rings. The molecule has 0 saturated carbocycles. The largest absolute Gasteiger partial charge is 0.462 e. The van der Waals surface area contributed by atoms with Crippen LogP contribution in [-0.4, -0.2) is 37.2 Å². The van der Waals surface area contributed by atoms with Gasteiger partial charge in [0.15, 0.2) is 6.10 Å². The molecule has 0 bridgehead atoms. The summed E-state index contributed by atoms with van der Waals surface area (Å²) in [5.41, 5.74) is 0. The number of ether oxygens (including phenoxy) is 3. The van der Waals surface area contributed by atoms with Gasteiger partial charge in [-0.1, -0.05) is 237 Å². The summed E-state index contributed by atoms with van der Waals surface area (Å²) < 4.78 is 16.8. The molecular formula is C58H106O6. The molecule has 0 aromatic heterocycles. The molecule has 0 aliphatic rings. The molecule has 6 heteroatoms. The van der Waals surface area contributed by atoms with Crippen LogP contribution in [0.4, 0.5) is 0 Å². The average molecular weight is 899 g/mol. The van der Waals surface area contributed by atoms with E-state index in [9.17, 15) is 14.4 Å². The fourth-order valence-electron chi connectivity index (χ4n) is 8.12. The highest BCUT2D eigenvalue weighted by Gasteiger charge is 2.19. The van der Waals surface area contributed by atoms with E-state index in [1.807, 2.05) is 0 Å². The van der Waals surface area contributed by atoms with Crippen LogP contribution in [0.1, 0.15) is 297 Å². The molecule has 0 radical (unpaired) electrons. The lowest BCUT2D eigenvalue weighted by atomic mass is 10.0. The van der Waals surface area contributed by atoms with Crippen molar-refractivity contribution in [1.29, 1.82) is 0 Å². The van der Waals surface area contributed by atoms with E-state index in [0.29, 0.717) is 19.3 Å². The van der Waals surface area contributed by atoms with E-state index in [1.54, 1.807) is 0 Å². The first-order chi connectivity index (χ1) is 31.5. The third-order valence-corrected chi connectivity index (χ3v) is 12.4. The highest BCUT2D eigenvalue weighted by atomic mass is 16.6. The summed E-state index contributed by atoms with van der Waals surface area (Å²) in [7, 11) is 0. The van der Waals surface area contributed by atoms with Crippen LogP contribution in [0.3, 0.4) is 0 Å². The van der Waals surface area contributed by atoms with Crippen LogP contribution in [0, 0.1) is 0 Å². The number of allylic oxidation sites excluding steroid dienone is 6. The first kappa shape index (κ1) is 61.6. The molecule has 0 N–H and O–H groups in total. The van der Waals surface area contributed by atoms with Crippen molar-refractivity contribution >= 4 is 17.9 Å². The Balaban J connectivity index is 4.35. The molecule has 0 amide bonds. The number of carbonyl (C=O) groups excluding carboxylic acids is 3. The number of carbonyl (C=O) groups is 3. The quantitative estimate of drug-likeness (QED) is 0.0262. The lowest BCUT2D eigenvalue weighted by Crippen LogP contribution is -2.30. The Kier molecular flexibility index (Phi) is 51.3. The fourth-order valence-corrected chi connectivity index (χ4v) is 8.12. The molecule has 374 valence electrons. The van der Waals surface area contributed by atoms with Crippen LogP contribution in [0.2, 0.25) is 0 Å². The second-order valence-electron chi connectivity index (χ2n) is 18.8. The lowest BCUT2D eigenvalue weighted by molar-refractivity contribution is -0.167. The second kappa shape index (κ2) is 53.2. The Labute approximate surface area is 397 Å². The first-order valence-electron chi connectivity index (χ1n) is 28.0. The first-order valence-corrected chi connectivity index (χ1v) is 28.0. The van der Waals surface area contributed by atoms with Crippen LogP contribution in [0.25, 0.3) is 0 Å². The summed E-state index contributed by atoms with van der Waals surface area (Å²) in [5, 5.41) is 0. The van der Waals surface area contributed by atoms with Gasteiger partial charge < -0.3 is 14.2 Å². The van der Waals surface area contributed by atoms with Gasteiger partial charge in [0, 0.05) is 19.3 Å². The smallest absolute Gasteiger partial charge is 0.306 e. The van der Waals surface area contributed by atoms with Crippen molar-refractivity contribution in [2.45, 2.75) is 303 Å². The SMILES string of the molecule is CCCCCC/C=C\C/C=C\CCCCCCCC(=O)OC(COC(=O)CCCCCCCCC/C=C\CCCCCCCCC)COC(=O)CCCCCCCCCCCCCC. The van der Waals surface area contributed by atoms with Gasteiger partial charge in [-0.25, -0.2) is 0 Å². The molecule has 1 unspecified atom stereocenters. The van der Waals surface area contributed by atoms with Gasteiger partial charge in [0.05, 0.1) is 0 Å². The second-order valence-corrected chi connectivity index (χ2v) is 18.8. The molecule has 0 heterocycles. The predicted molar refractivity (Wildman–Crippen MR) is 275 cm³/mol. The molecule has 0 aromatic carbocycles. The van der Waals surface area contributed by atoms with Crippen molar-refractivity contribution in [2.24, 2.45) is 0 Å². The van der Waals surface area contributed by atoms with Crippen LogP contribution in [-0.2, 0) is 28.6 Å². The minimum absolute atomic E-state index is 0.0760. The maximum absolute atomic E-state index is 12.8. The van der Waals surface area contributed by atoms with Gasteiger partial charge in [-0.2, -0.15) is 0 Å². The van der Waals surface area contributed by atoms with Gasteiger partial charge in [0.1, 0.15) is 13.2 Å². The van der Waals surface area contributed by atoms with Gasteiger partial charge in [-0.15, -0.1) is 0 Å². The van der Waals surface area contributed by atoms with Gasteiger partial charge in [0.25, 0.3) is 0 Å². The number of rotatable bonds is 51. The number of hydrogen-bond acceptors (Lipinski definition) is 6. The van der Waals surface area contributed by atoms with Crippen molar-refractivity contribution < 1.29 is 28.6 Å². The van der Waals surface area contributed by atoms with Crippen molar-refractivity contribution in [3.8, 4) is 0 Å². The third-order valence-electron chi connectivity index (χ3n) is 12.4. The van der Waals surface area contributed by atoms with Gasteiger partial charge in [-0.05, 0) is 77.0 Å². The Morgan fingerprint density at radius 2 is 0.562 bits per heavy atom. The number of esters is 3. The minimum atomic E-state index is -0.778. The highest BCUT2D eigenvalue weighted by Crippen LogP contribution is 2.16. The lowest BCUT2D eigenvalue weighted by Gasteiger charge is -2.18. The Bertz CT molecular complexity index is 1080. The molecule has 6 nitrogen and oxygen atoms in total. The van der Waals surface area contributed by atoms with Crippen molar-refractivity contribution in [3.05, 3.63) is 36.5 Å². The Morgan fingerprint density at radius 3 is 0.891 bits per heavy atom. The summed E-state index contributed by atoms with van der Waals surface area (Å²) in [4.78, 5) is 38.1. The fraction of sp³-hybridized carbons (Fsp3) is 0.845. The Hall–Kier alpha value is -2.37. The topological polar surface area (TPSA) is 78.9 Å². The maximum Gasteiger partial charge on any atom is 0.306 e. The zero-order chi connectivity index (χ0) is 46.5. The predicted octanol–water partition coefficient (Wildman–Crippen LogP) is 18.5. The molecular weight excluding hydrogens is 793 g/mol. The molecule has 0 rings (SSSR count). The normalized spacial score (nSPS) is 12.2. The van der Waals surface area contributed by atoms with Crippen LogP contribution in [0.15, 0.2) is 36.5 Å². The molecule has 1 atom stereocenters. The number of hydrogen-bond donors (Lipinski definition) is 0. The number of unbranched alkanes of at least 4 members (excludes halogenated alkanes) is 34. The highest BCUT2D eigenvalue weighted by molar-refractivity contribution is 5.71. The zero-order valence-electron chi connectivity index (χ0n) is 42.8. The van der Waals surface area contributed by atoms with Crippen LogP contribution >= 0.6 is 0 Å². The molecule has 0 aliphatic carbocycles. The standard InChI is InChI=1S/C58H106O6/c1-4-7-10-13-16-19-22-25-27-29-30-32-33-36-39-42-45-48-51-57(60)63-54-55(53-62-56(59)50-47-44-41-38-35-24-21-18-15-12-9-6-3)64-58(61)52-49-46-43-40-37-34-31-28-26-23-20-17-14-11-8-5-2/h20,23,27-29,31,55H,4-19,21-22,24-26,30,32-54H2,1-3H3/b23-20-,29-27-,31-28-. The van der Waals surface area contributed by atoms with E-state index in [4.69, 9.17) is 14.2 Å². The molecule has 0 spiro atoms.